The Bertz CT molecular complexity index is 1700. The van der Waals surface area contributed by atoms with E-state index in [9.17, 15) is 31.5 Å². The molecule has 0 bridgehead atoms. The van der Waals surface area contributed by atoms with Crippen molar-refractivity contribution in [3.8, 4) is 5.75 Å². The summed E-state index contributed by atoms with van der Waals surface area (Å²) in [5.74, 6) is 0.648. The summed E-state index contributed by atoms with van der Waals surface area (Å²) in [6.45, 7) is 3.42. The fourth-order valence-corrected chi connectivity index (χ4v) is 5.22. The van der Waals surface area contributed by atoms with E-state index < -0.39 is 35.3 Å². The van der Waals surface area contributed by atoms with Gasteiger partial charge in [-0.1, -0.05) is 12.1 Å². The molecule has 0 saturated carbocycles. The van der Waals surface area contributed by atoms with Gasteiger partial charge in [0.2, 0.25) is 11.9 Å². The molecule has 4 aromatic rings. The summed E-state index contributed by atoms with van der Waals surface area (Å²) in [5.41, 5.74) is -0.952. The van der Waals surface area contributed by atoms with Gasteiger partial charge in [0.15, 0.2) is 0 Å². The van der Waals surface area contributed by atoms with Crippen LogP contribution in [0.2, 0.25) is 0 Å². The topological polar surface area (TPSA) is 108 Å². The number of halogens is 5. The number of carbonyl (C=O) groups excluding carboxylic acids is 1. The number of carbonyl (C=O) groups is 1. The van der Waals surface area contributed by atoms with E-state index in [0.717, 1.165) is 22.6 Å². The Hall–Kier alpha value is -4.60. The molecule has 1 unspecified atom stereocenters. The summed E-state index contributed by atoms with van der Waals surface area (Å²) in [4.78, 5) is 36.9. The monoisotopic (exact) mass is 649 g/mol. The number of amides is 1. The number of rotatable bonds is 11. The van der Waals surface area contributed by atoms with Crippen LogP contribution in [0.15, 0.2) is 53.8 Å². The SMILES string of the molecule is COc1ccc(Cn2ncc3c(c(C(F)F)cn3C(C)COCCC(=O)N3CCN(c4ncc(C(F)(F)F)cn4)CC3)c2=O)cc1. The standard InChI is InChI=1S/C30H32F5N7O4/c1-19(18-46-12-7-25(43)39-8-10-40(11-9-39)29-36-13-21(14-37-29)30(33,34)35)41-17-23(27(31)32)26-24(41)15-38-42(28(26)44)16-20-3-5-22(45-2)6-4-20/h3-6,13-15,17,19,27H,7-12,16,18H2,1-2H3. The Kier molecular flexibility index (Phi) is 9.84. The first-order chi connectivity index (χ1) is 22.0. The van der Waals surface area contributed by atoms with Crippen molar-refractivity contribution in [3.63, 3.8) is 0 Å². The molecule has 1 saturated heterocycles. The molecule has 16 heteroatoms. The minimum atomic E-state index is -4.52. The van der Waals surface area contributed by atoms with E-state index in [2.05, 4.69) is 15.1 Å². The van der Waals surface area contributed by atoms with Gasteiger partial charge in [0.1, 0.15) is 5.75 Å². The fourth-order valence-electron chi connectivity index (χ4n) is 5.22. The second-order valence-electron chi connectivity index (χ2n) is 10.8. The molecule has 3 aromatic heterocycles. The van der Waals surface area contributed by atoms with Crippen molar-refractivity contribution in [2.45, 2.75) is 38.5 Å². The van der Waals surface area contributed by atoms with Gasteiger partial charge in [-0.15, -0.1) is 0 Å². The number of benzene rings is 1. The summed E-state index contributed by atoms with van der Waals surface area (Å²) in [6.07, 6.45) is -3.22. The molecule has 46 heavy (non-hydrogen) atoms. The van der Waals surface area contributed by atoms with Crippen LogP contribution in [0.4, 0.5) is 27.9 Å². The molecule has 1 atom stereocenters. The van der Waals surface area contributed by atoms with Gasteiger partial charge in [-0.25, -0.2) is 23.4 Å². The molecule has 0 aliphatic carbocycles. The second kappa shape index (κ2) is 13.8. The predicted octanol–water partition coefficient (Wildman–Crippen LogP) is 4.32. The number of anilines is 1. The van der Waals surface area contributed by atoms with Gasteiger partial charge in [0.05, 0.1) is 62.0 Å². The van der Waals surface area contributed by atoms with Crippen LogP contribution in [-0.2, 0) is 22.3 Å². The van der Waals surface area contributed by atoms with E-state index in [1.807, 2.05) is 0 Å². The van der Waals surface area contributed by atoms with Gasteiger partial charge in [-0.3, -0.25) is 9.59 Å². The van der Waals surface area contributed by atoms with Crippen molar-refractivity contribution in [3.05, 3.63) is 76.1 Å². The summed E-state index contributed by atoms with van der Waals surface area (Å²) in [6, 6.07) is 6.54. The van der Waals surface area contributed by atoms with Crippen molar-refractivity contribution in [2.24, 2.45) is 0 Å². The molecule has 1 aliphatic rings. The van der Waals surface area contributed by atoms with Crippen LogP contribution in [0.3, 0.4) is 0 Å². The van der Waals surface area contributed by atoms with Crippen LogP contribution >= 0.6 is 0 Å². The number of piperazine rings is 1. The van der Waals surface area contributed by atoms with Crippen LogP contribution in [0.1, 0.15) is 42.5 Å². The third kappa shape index (κ3) is 7.27. The van der Waals surface area contributed by atoms with Crippen LogP contribution in [-0.4, -0.2) is 81.6 Å². The van der Waals surface area contributed by atoms with Crippen LogP contribution in [0.5, 0.6) is 5.75 Å². The van der Waals surface area contributed by atoms with Gasteiger partial charge in [-0.2, -0.15) is 18.3 Å². The molecule has 246 valence electrons. The van der Waals surface area contributed by atoms with E-state index in [1.54, 1.807) is 41.0 Å². The summed E-state index contributed by atoms with van der Waals surface area (Å²) < 4.78 is 79.9. The lowest BCUT2D eigenvalue weighted by atomic mass is 10.2. The molecule has 0 spiro atoms. The molecule has 1 amide bonds. The third-order valence-electron chi connectivity index (χ3n) is 7.77. The molecular formula is C30H32F5N7O4. The number of hydrogen-bond acceptors (Lipinski definition) is 8. The molecule has 1 fully saturated rings. The zero-order valence-corrected chi connectivity index (χ0v) is 25.1. The van der Waals surface area contributed by atoms with Gasteiger partial charge in [0.25, 0.3) is 12.0 Å². The lowest BCUT2D eigenvalue weighted by molar-refractivity contribution is -0.138. The number of methoxy groups -OCH3 is 1. The van der Waals surface area contributed by atoms with E-state index in [0.29, 0.717) is 31.9 Å². The lowest BCUT2D eigenvalue weighted by Gasteiger charge is -2.34. The largest absolute Gasteiger partial charge is 0.497 e. The maximum Gasteiger partial charge on any atom is 0.419 e. The molecule has 0 N–H and O–H groups in total. The third-order valence-corrected chi connectivity index (χ3v) is 7.77. The minimum Gasteiger partial charge on any atom is -0.497 e. The van der Waals surface area contributed by atoms with Crippen molar-refractivity contribution >= 4 is 22.8 Å². The van der Waals surface area contributed by atoms with Crippen molar-refractivity contribution < 1.29 is 36.2 Å². The summed E-state index contributed by atoms with van der Waals surface area (Å²) >= 11 is 0. The number of hydrogen-bond donors (Lipinski definition) is 0. The molecule has 4 heterocycles. The van der Waals surface area contributed by atoms with E-state index in [-0.39, 0.29) is 48.9 Å². The second-order valence-corrected chi connectivity index (χ2v) is 10.8. The highest BCUT2D eigenvalue weighted by Crippen LogP contribution is 2.30. The van der Waals surface area contributed by atoms with Crippen LogP contribution in [0.25, 0.3) is 10.9 Å². The Morgan fingerprint density at radius 1 is 1.02 bits per heavy atom. The van der Waals surface area contributed by atoms with Crippen LogP contribution < -0.4 is 15.2 Å². The highest BCUT2D eigenvalue weighted by atomic mass is 19.4. The highest BCUT2D eigenvalue weighted by Gasteiger charge is 2.32. The van der Waals surface area contributed by atoms with Crippen molar-refractivity contribution in [1.82, 2.24) is 29.2 Å². The first-order valence-electron chi connectivity index (χ1n) is 14.5. The van der Waals surface area contributed by atoms with Crippen molar-refractivity contribution in [2.75, 3.05) is 51.4 Å². The smallest absolute Gasteiger partial charge is 0.419 e. The predicted molar refractivity (Wildman–Crippen MR) is 157 cm³/mol. The number of ether oxygens (including phenoxy) is 2. The molecule has 1 aliphatic heterocycles. The van der Waals surface area contributed by atoms with Gasteiger partial charge >= 0.3 is 6.18 Å². The van der Waals surface area contributed by atoms with Crippen molar-refractivity contribution in [1.29, 1.82) is 0 Å². The molecule has 11 nitrogen and oxygen atoms in total. The first-order valence-corrected chi connectivity index (χ1v) is 14.5. The Labute approximate surface area is 260 Å². The van der Waals surface area contributed by atoms with Gasteiger partial charge < -0.3 is 23.8 Å². The number of fused-ring (bicyclic) bond motifs is 1. The number of nitrogens with zero attached hydrogens (tertiary/aromatic N) is 7. The fraction of sp³-hybridized carbons (Fsp3) is 0.433. The van der Waals surface area contributed by atoms with Crippen LogP contribution in [0, 0.1) is 0 Å². The number of aromatic nitrogens is 5. The normalized spacial score (nSPS) is 14.7. The van der Waals surface area contributed by atoms with E-state index in [1.165, 1.54) is 24.1 Å². The Morgan fingerprint density at radius 2 is 1.70 bits per heavy atom. The average Bonchev–Trinajstić information content (AvgIpc) is 3.45. The zero-order valence-electron chi connectivity index (χ0n) is 25.1. The average molecular weight is 650 g/mol. The highest BCUT2D eigenvalue weighted by molar-refractivity contribution is 5.82. The minimum absolute atomic E-state index is 0.0792. The van der Waals surface area contributed by atoms with Gasteiger partial charge in [-0.05, 0) is 24.6 Å². The lowest BCUT2D eigenvalue weighted by Crippen LogP contribution is -2.49. The van der Waals surface area contributed by atoms with E-state index in [4.69, 9.17) is 9.47 Å². The van der Waals surface area contributed by atoms with E-state index >= 15 is 0 Å². The quantitative estimate of drug-likeness (QED) is 0.175. The maximum absolute atomic E-state index is 14.0. The van der Waals surface area contributed by atoms with Gasteiger partial charge in [0, 0.05) is 50.3 Å². The maximum atomic E-state index is 14.0. The summed E-state index contributed by atoms with van der Waals surface area (Å²) in [7, 11) is 1.54. The summed E-state index contributed by atoms with van der Waals surface area (Å²) in [5, 5.41) is 4.12. The number of alkyl halides is 5. The molecule has 1 aromatic carbocycles. The molecule has 0 radical (unpaired) electrons. The Balaban J connectivity index is 1.14. The first kappa shape index (κ1) is 32.8. The molecular weight excluding hydrogens is 617 g/mol. The Morgan fingerprint density at radius 3 is 2.30 bits per heavy atom. The zero-order chi connectivity index (χ0) is 33.0. The molecule has 5 rings (SSSR count).